The number of carbonyl (C=O) groups excluding carboxylic acids is 1. The minimum Gasteiger partial charge on any atom is -0.469 e. The van der Waals surface area contributed by atoms with Crippen molar-refractivity contribution in [2.24, 2.45) is 0 Å². The molecule has 0 spiro atoms. The molecule has 0 unspecified atom stereocenters. The van der Waals surface area contributed by atoms with Gasteiger partial charge in [-0.25, -0.2) is 8.42 Å². The van der Waals surface area contributed by atoms with Gasteiger partial charge in [0.15, 0.2) is 0 Å². The van der Waals surface area contributed by atoms with Crippen molar-refractivity contribution in [2.75, 3.05) is 31.2 Å². The van der Waals surface area contributed by atoms with Gasteiger partial charge >= 0.3 is 5.97 Å². The summed E-state index contributed by atoms with van der Waals surface area (Å²) in [5, 5.41) is 11.6. The molecule has 0 atom stereocenters. The van der Waals surface area contributed by atoms with Crippen LogP contribution in [-0.2, 0) is 30.7 Å². The summed E-state index contributed by atoms with van der Waals surface area (Å²) in [5.41, 5.74) is 1.15. The van der Waals surface area contributed by atoms with Crippen molar-refractivity contribution < 1.29 is 32.0 Å². The maximum Gasteiger partial charge on any atom is 0.310 e. The lowest BCUT2D eigenvalue weighted by atomic mass is 10.1. The number of methoxy groups -OCH3 is 1. The third kappa shape index (κ3) is 4.89. The number of nitrogens with zero attached hydrogens (tertiary/aromatic N) is 2. The van der Waals surface area contributed by atoms with Crippen LogP contribution in [0.1, 0.15) is 12.5 Å². The minimum atomic E-state index is -4.05. The normalized spacial score (nSPS) is 11.4. The highest BCUT2D eigenvalue weighted by Gasteiger charge is 2.26. The zero-order valence-electron chi connectivity index (χ0n) is 17.5. The fourth-order valence-corrected chi connectivity index (χ4v) is 4.58. The number of anilines is 1. The van der Waals surface area contributed by atoms with Gasteiger partial charge in [0.25, 0.3) is 15.7 Å². The van der Waals surface area contributed by atoms with E-state index in [2.05, 4.69) is 4.74 Å². The topological polar surface area (TPSA) is 129 Å². The number of non-ortho nitro benzene ring substituents is 1. The number of nitro groups is 1. The Kier molecular flexibility index (Phi) is 7.11. The van der Waals surface area contributed by atoms with Gasteiger partial charge in [-0.1, -0.05) is 0 Å². The van der Waals surface area contributed by atoms with Crippen LogP contribution in [0.3, 0.4) is 0 Å². The first kappa shape index (κ1) is 23.2. The van der Waals surface area contributed by atoms with Crippen molar-refractivity contribution in [1.29, 1.82) is 0 Å². The van der Waals surface area contributed by atoms with Crippen LogP contribution >= 0.6 is 0 Å². The minimum absolute atomic E-state index is 0.0222. The Morgan fingerprint density at radius 3 is 2.53 bits per heavy atom. The average molecular weight is 462 g/mol. The van der Waals surface area contributed by atoms with E-state index in [4.69, 9.17) is 9.15 Å². The first-order valence-electron chi connectivity index (χ1n) is 9.69. The Morgan fingerprint density at radius 1 is 1.19 bits per heavy atom. The van der Waals surface area contributed by atoms with E-state index in [9.17, 15) is 23.3 Å². The molecular formula is C21H22N2O8S. The van der Waals surface area contributed by atoms with Crippen LogP contribution in [0, 0.1) is 10.1 Å². The molecule has 0 aliphatic heterocycles. The smallest absolute Gasteiger partial charge is 0.310 e. The lowest BCUT2D eigenvalue weighted by molar-refractivity contribution is -0.384. The molecule has 170 valence electrons. The van der Waals surface area contributed by atoms with Crippen molar-refractivity contribution in [2.45, 2.75) is 18.2 Å². The number of esters is 1. The molecule has 0 aliphatic rings. The number of sulfonamides is 1. The molecule has 11 heteroatoms. The van der Waals surface area contributed by atoms with Crippen molar-refractivity contribution in [1.82, 2.24) is 0 Å². The highest BCUT2D eigenvalue weighted by atomic mass is 32.2. The van der Waals surface area contributed by atoms with Gasteiger partial charge in [0.2, 0.25) is 0 Å². The largest absolute Gasteiger partial charge is 0.469 e. The van der Waals surface area contributed by atoms with Crippen LogP contribution in [0.25, 0.3) is 11.0 Å². The van der Waals surface area contributed by atoms with Crippen molar-refractivity contribution in [3.05, 3.63) is 64.4 Å². The number of rotatable bonds is 10. The van der Waals surface area contributed by atoms with E-state index in [-0.39, 0.29) is 30.2 Å². The Bertz CT molecular complexity index is 1220. The molecule has 1 heterocycles. The highest BCUT2D eigenvalue weighted by molar-refractivity contribution is 7.92. The summed E-state index contributed by atoms with van der Waals surface area (Å²) in [4.78, 5) is 21.8. The fourth-order valence-electron chi connectivity index (χ4n) is 3.14. The van der Waals surface area contributed by atoms with Crippen LogP contribution < -0.4 is 4.31 Å². The number of ether oxygens (including phenoxy) is 2. The summed E-state index contributed by atoms with van der Waals surface area (Å²) in [6.45, 7) is 2.38. The number of fused-ring (bicyclic) bond motifs is 1. The van der Waals surface area contributed by atoms with Crippen LogP contribution in [0.15, 0.2) is 58.0 Å². The van der Waals surface area contributed by atoms with Crippen molar-refractivity contribution in [3.63, 3.8) is 0 Å². The van der Waals surface area contributed by atoms with Gasteiger partial charge in [0.05, 0.1) is 48.5 Å². The first-order chi connectivity index (χ1) is 15.3. The first-order valence-corrected chi connectivity index (χ1v) is 11.1. The quantitative estimate of drug-likeness (QED) is 0.194. The van der Waals surface area contributed by atoms with Crippen LogP contribution in [-0.4, -0.2) is 46.2 Å². The van der Waals surface area contributed by atoms with E-state index in [0.717, 1.165) is 16.4 Å². The standard InChI is InChI=1S/C21H22N2O8S/c1-3-30-11-10-22(32(27,28)18-7-4-16(5-8-18)23(25)26)17-6-9-19-15(12-21(24)29-2)14-31-20(19)13-17/h4-9,13-14H,3,10-12H2,1-2H3. The van der Waals surface area contributed by atoms with Crippen LogP contribution in [0.4, 0.5) is 11.4 Å². The van der Waals surface area contributed by atoms with Gasteiger partial charge in [-0.2, -0.15) is 0 Å². The molecule has 0 N–H and O–H groups in total. The molecule has 32 heavy (non-hydrogen) atoms. The van der Waals surface area contributed by atoms with E-state index < -0.39 is 20.9 Å². The van der Waals surface area contributed by atoms with Crippen LogP contribution in [0.2, 0.25) is 0 Å². The van der Waals surface area contributed by atoms with Gasteiger partial charge in [-0.3, -0.25) is 19.2 Å². The van der Waals surface area contributed by atoms with Gasteiger partial charge < -0.3 is 13.9 Å². The molecule has 0 fully saturated rings. The van der Waals surface area contributed by atoms with Gasteiger partial charge in [0, 0.05) is 35.8 Å². The summed E-state index contributed by atoms with van der Waals surface area (Å²) in [6.07, 6.45) is 1.46. The number of carbonyl (C=O) groups is 1. The molecule has 3 aromatic rings. The Morgan fingerprint density at radius 2 is 1.91 bits per heavy atom. The lowest BCUT2D eigenvalue weighted by Gasteiger charge is -2.24. The SMILES string of the molecule is CCOCCN(c1ccc2c(CC(=O)OC)coc2c1)S(=O)(=O)c1ccc([N+](=O)[O-])cc1. The van der Waals surface area contributed by atoms with Gasteiger partial charge in [0.1, 0.15) is 5.58 Å². The molecule has 0 saturated carbocycles. The molecule has 10 nitrogen and oxygen atoms in total. The van der Waals surface area contributed by atoms with Gasteiger partial charge in [-0.15, -0.1) is 0 Å². The van der Waals surface area contributed by atoms with Gasteiger partial charge in [-0.05, 0) is 31.2 Å². The fraction of sp³-hybridized carbons (Fsp3) is 0.286. The monoisotopic (exact) mass is 462 g/mol. The zero-order chi connectivity index (χ0) is 23.3. The maximum atomic E-state index is 13.3. The predicted molar refractivity (Wildman–Crippen MR) is 116 cm³/mol. The number of benzene rings is 2. The summed E-state index contributed by atoms with van der Waals surface area (Å²) in [7, 11) is -2.75. The van der Waals surface area contributed by atoms with Crippen LogP contribution in [0.5, 0.6) is 0 Å². The average Bonchev–Trinajstić information content (AvgIpc) is 3.18. The van der Waals surface area contributed by atoms with Crippen molar-refractivity contribution in [3.8, 4) is 0 Å². The molecule has 0 saturated heterocycles. The number of hydrogen-bond donors (Lipinski definition) is 0. The summed E-state index contributed by atoms with van der Waals surface area (Å²) in [5.74, 6) is -0.420. The Balaban J connectivity index is 1.99. The summed E-state index contributed by atoms with van der Waals surface area (Å²) >= 11 is 0. The summed E-state index contributed by atoms with van der Waals surface area (Å²) in [6, 6.07) is 9.51. The predicted octanol–water partition coefficient (Wildman–Crippen LogP) is 3.29. The third-order valence-electron chi connectivity index (χ3n) is 4.77. The number of nitro benzene ring substituents is 1. The maximum absolute atomic E-state index is 13.3. The third-order valence-corrected chi connectivity index (χ3v) is 6.61. The molecule has 0 amide bonds. The number of furan rings is 1. The van der Waals surface area contributed by atoms with E-state index >= 15 is 0 Å². The Hall–Kier alpha value is -3.44. The molecule has 1 aromatic heterocycles. The number of hydrogen-bond acceptors (Lipinski definition) is 8. The molecule has 0 aliphatic carbocycles. The summed E-state index contributed by atoms with van der Waals surface area (Å²) < 4.78 is 43.4. The zero-order valence-corrected chi connectivity index (χ0v) is 18.3. The molecule has 0 bridgehead atoms. The van der Waals surface area contributed by atoms with E-state index in [1.165, 1.54) is 25.5 Å². The molecule has 0 radical (unpaired) electrons. The van der Waals surface area contributed by atoms with Crippen molar-refractivity contribution >= 4 is 38.3 Å². The molecule has 3 rings (SSSR count). The lowest BCUT2D eigenvalue weighted by Crippen LogP contribution is -2.34. The Labute approximate surface area is 184 Å². The molecule has 2 aromatic carbocycles. The van der Waals surface area contributed by atoms with E-state index in [1.807, 2.05) is 0 Å². The second-order valence-electron chi connectivity index (χ2n) is 6.72. The van der Waals surface area contributed by atoms with E-state index in [1.54, 1.807) is 25.1 Å². The molecular weight excluding hydrogens is 440 g/mol. The van der Waals surface area contributed by atoms with E-state index in [0.29, 0.717) is 28.8 Å². The highest BCUT2D eigenvalue weighted by Crippen LogP contribution is 2.30. The second kappa shape index (κ2) is 9.79. The second-order valence-corrected chi connectivity index (χ2v) is 8.58.